The Morgan fingerprint density at radius 3 is 2.69 bits per heavy atom. The number of benzene rings is 1. The first-order valence-corrected chi connectivity index (χ1v) is 11.8. The van der Waals surface area contributed by atoms with Crippen LogP contribution in [0.15, 0.2) is 38.1 Å². The van der Waals surface area contributed by atoms with Gasteiger partial charge in [0, 0.05) is 23.7 Å². The number of ether oxygens (including phenoxy) is 1. The lowest BCUT2D eigenvalue weighted by molar-refractivity contribution is -0.151. The van der Waals surface area contributed by atoms with Crippen LogP contribution in [-0.4, -0.2) is 47.1 Å². The first-order valence-electron chi connectivity index (χ1n) is 9.93. The molecule has 0 amide bonds. The molecule has 3 heterocycles. The van der Waals surface area contributed by atoms with Gasteiger partial charge in [0.25, 0.3) is 5.89 Å². The smallest absolute Gasteiger partial charge is 0.310 e. The van der Waals surface area contributed by atoms with Crippen LogP contribution in [0.4, 0.5) is 0 Å². The number of carbonyl (C=O) groups is 1. The summed E-state index contributed by atoms with van der Waals surface area (Å²) in [6.45, 7) is 3.24. The molecule has 2 aromatic heterocycles. The van der Waals surface area contributed by atoms with Crippen LogP contribution in [0.25, 0.3) is 11.5 Å². The van der Waals surface area contributed by atoms with Crippen LogP contribution in [0.5, 0.6) is 0 Å². The molecule has 0 aliphatic carbocycles. The lowest BCUT2D eigenvalue weighted by Crippen LogP contribution is -2.43. The molecule has 0 saturated carbocycles. The Morgan fingerprint density at radius 2 is 2.00 bits per heavy atom. The van der Waals surface area contributed by atoms with E-state index in [1.807, 2.05) is 0 Å². The molecule has 0 radical (unpaired) electrons. The second-order valence-electron chi connectivity index (χ2n) is 7.47. The minimum absolute atomic E-state index is 0.0189. The van der Waals surface area contributed by atoms with Gasteiger partial charge in [-0.2, -0.15) is 4.31 Å². The van der Waals surface area contributed by atoms with E-state index < -0.39 is 21.9 Å². The Morgan fingerprint density at radius 1 is 1.25 bits per heavy atom. The van der Waals surface area contributed by atoms with Gasteiger partial charge in [-0.15, -0.1) is 10.2 Å². The second-order valence-corrected chi connectivity index (χ2v) is 9.78. The summed E-state index contributed by atoms with van der Waals surface area (Å²) in [5.41, 5.74) is 0.979. The molecule has 0 spiro atoms. The molecule has 1 aromatic carbocycles. The summed E-state index contributed by atoms with van der Waals surface area (Å²) in [5, 5.41) is 12.1. The fourth-order valence-electron chi connectivity index (χ4n) is 3.60. The number of carbonyl (C=O) groups excluding carboxylic acids is 1. The number of halogens is 1. The van der Waals surface area contributed by atoms with Crippen molar-refractivity contribution in [1.29, 1.82) is 0 Å². The molecule has 3 aromatic rings. The Bertz CT molecular complexity index is 1200. The average molecular weight is 481 g/mol. The van der Waals surface area contributed by atoms with Crippen molar-refractivity contribution in [1.82, 2.24) is 19.7 Å². The molecule has 1 aliphatic heterocycles. The van der Waals surface area contributed by atoms with E-state index in [4.69, 9.17) is 25.3 Å². The van der Waals surface area contributed by atoms with Gasteiger partial charge in [-0.05, 0) is 51.0 Å². The number of esters is 1. The lowest BCUT2D eigenvalue weighted by atomic mass is 10.0. The summed E-state index contributed by atoms with van der Waals surface area (Å²) in [5.74, 6) is -0.478. The average Bonchev–Trinajstić information content (AvgIpc) is 3.39. The number of sulfonamides is 1. The van der Waals surface area contributed by atoms with Crippen LogP contribution in [0.3, 0.4) is 0 Å². The largest absolute Gasteiger partial charge is 0.455 e. The van der Waals surface area contributed by atoms with Crippen LogP contribution >= 0.6 is 11.6 Å². The van der Waals surface area contributed by atoms with Crippen LogP contribution in [0.1, 0.15) is 30.2 Å². The Balaban J connectivity index is 1.38. The van der Waals surface area contributed by atoms with Gasteiger partial charge in [0.05, 0.1) is 5.92 Å². The molecule has 0 bridgehead atoms. The zero-order valence-corrected chi connectivity index (χ0v) is 19.0. The number of hydrogen-bond acceptors (Lipinski definition) is 9. The van der Waals surface area contributed by atoms with Crippen LogP contribution in [0, 0.1) is 19.8 Å². The SMILES string of the molecule is Cc1noc(C)c1S(=O)(=O)N1CCCC(C(=O)OCc2nnc(-c3ccc(Cl)cc3)o2)C1. The maximum atomic E-state index is 13.0. The highest BCUT2D eigenvalue weighted by atomic mass is 35.5. The third kappa shape index (κ3) is 4.54. The topological polar surface area (TPSA) is 129 Å². The van der Waals surface area contributed by atoms with Crippen molar-refractivity contribution >= 4 is 27.6 Å². The Hall–Kier alpha value is -2.76. The first kappa shape index (κ1) is 22.4. The van der Waals surface area contributed by atoms with Crippen molar-refractivity contribution in [3.8, 4) is 11.5 Å². The van der Waals surface area contributed by atoms with E-state index >= 15 is 0 Å². The van der Waals surface area contributed by atoms with Crippen molar-refractivity contribution in [3.05, 3.63) is 46.6 Å². The van der Waals surface area contributed by atoms with Gasteiger partial charge in [-0.25, -0.2) is 8.42 Å². The molecular weight excluding hydrogens is 460 g/mol. The van der Waals surface area contributed by atoms with Crippen LogP contribution in [-0.2, 0) is 26.2 Å². The molecule has 10 nitrogen and oxygen atoms in total. The van der Waals surface area contributed by atoms with Crippen molar-refractivity contribution in [2.45, 2.75) is 38.2 Å². The summed E-state index contributed by atoms with van der Waals surface area (Å²) in [4.78, 5) is 12.6. The quantitative estimate of drug-likeness (QED) is 0.488. The Kier molecular flexibility index (Phi) is 6.31. The molecule has 4 rings (SSSR count). The maximum absolute atomic E-state index is 13.0. The number of rotatable bonds is 6. The monoisotopic (exact) mass is 480 g/mol. The normalized spacial score (nSPS) is 17.4. The van der Waals surface area contributed by atoms with Crippen molar-refractivity contribution < 1.29 is 26.9 Å². The van der Waals surface area contributed by atoms with E-state index in [9.17, 15) is 13.2 Å². The number of nitrogens with zero attached hydrogens (tertiary/aromatic N) is 4. The molecular formula is C20H21ClN4O6S. The zero-order valence-electron chi connectivity index (χ0n) is 17.4. The molecule has 32 heavy (non-hydrogen) atoms. The van der Waals surface area contributed by atoms with Crippen LogP contribution < -0.4 is 0 Å². The molecule has 1 unspecified atom stereocenters. The Labute approximate surface area is 189 Å². The standard InChI is InChI=1S/C20H21ClN4O6S/c1-12-18(13(2)31-24-12)32(27,28)25-9-3-4-15(10-25)20(26)29-11-17-22-23-19(30-17)14-5-7-16(21)8-6-14/h5-8,15H,3-4,9-11H2,1-2H3. The fraction of sp³-hybridized carbons (Fsp3) is 0.400. The zero-order chi connectivity index (χ0) is 22.9. The van der Waals surface area contributed by atoms with Crippen molar-refractivity contribution in [2.24, 2.45) is 5.92 Å². The van der Waals surface area contributed by atoms with Crippen LogP contribution in [0.2, 0.25) is 5.02 Å². The molecule has 1 atom stereocenters. The van der Waals surface area contributed by atoms with E-state index in [0.717, 1.165) is 0 Å². The number of piperidine rings is 1. The van der Waals surface area contributed by atoms with E-state index in [0.29, 0.717) is 35.7 Å². The van der Waals surface area contributed by atoms with Gasteiger partial charge in [0.1, 0.15) is 10.6 Å². The summed E-state index contributed by atoms with van der Waals surface area (Å²) >= 11 is 5.87. The van der Waals surface area contributed by atoms with E-state index in [2.05, 4.69) is 15.4 Å². The number of aryl methyl sites for hydroxylation is 2. The minimum atomic E-state index is -3.82. The van der Waals surface area contributed by atoms with Gasteiger partial charge < -0.3 is 13.7 Å². The molecule has 1 fully saturated rings. The van der Waals surface area contributed by atoms with Gasteiger partial charge >= 0.3 is 5.97 Å². The maximum Gasteiger partial charge on any atom is 0.310 e. The summed E-state index contributed by atoms with van der Waals surface area (Å²) < 4.78 is 43.2. The molecule has 1 aliphatic rings. The number of hydrogen-bond donors (Lipinski definition) is 0. The molecule has 170 valence electrons. The van der Waals surface area contributed by atoms with Crippen molar-refractivity contribution in [3.63, 3.8) is 0 Å². The third-order valence-corrected chi connectivity index (χ3v) is 7.54. The molecule has 12 heteroatoms. The highest BCUT2D eigenvalue weighted by Gasteiger charge is 2.37. The predicted molar refractivity (Wildman–Crippen MR) is 112 cm³/mol. The highest BCUT2D eigenvalue weighted by Crippen LogP contribution is 2.28. The fourth-order valence-corrected chi connectivity index (χ4v) is 5.54. The summed E-state index contributed by atoms with van der Waals surface area (Å²) in [6, 6.07) is 6.88. The van der Waals surface area contributed by atoms with Crippen molar-refractivity contribution in [2.75, 3.05) is 13.1 Å². The second kappa shape index (κ2) is 9.00. The predicted octanol–water partition coefficient (Wildman–Crippen LogP) is 3.14. The molecule has 0 N–H and O–H groups in total. The van der Waals surface area contributed by atoms with E-state index in [1.54, 1.807) is 38.1 Å². The van der Waals surface area contributed by atoms with Gasteiger partial charge in [-0.1, -0.05) is 16.8 Å². The lowest BCUT2D eigenvalue weighted by Gasteiger charge is -2.30. The summed E-state index contributed by atoms with van der Waals surface area (Å²) in [7, 11) is -3.82. The minimum Gasteiger partial charge on any atom is -0.455 e. The van der Waals surface area contributed by atoms with Gasteiger partial charge in [0.2, 0.25) is 15.9 Å². The van der Waals surface area contributed by atoms with Gasteiger partial charge in [0.15, 0.2) is 12.4 Å². The first-order chi connectivity index (χ1) is 15.3. The third-order valence-electron chi connectivity index (χ3n) is 5.18. The number of aromatic nitrogens is 3. The summed E-state index contributed by atoms with van der Waals surface area (Å²) in [6.07, 6.45) is 1.05. The highest BCUT2D eigenvalue weighted by molar-refractivity contribution is 7.89. The molecule has 1 saturated heterocycles. The van der Waals surface area contributed by atoms with E-state index in [1.165, 1.54) is 4.31 Å². The van der Waals surface area contributed by atoms with Gasteiger partial charge in [-0.3, -0.25) is 4.79 Å². The van der Waals surface area contributed by atoms with E-state index in [-0.39, 0.29) is 35.6 Å².